The predicted octanol–water partition coefficient (Wildman–Crippen LogP) is 3.47. The Bertz CT molecular complexity index is 363. The van der Waals surface area contributed by atoms with Gasteiger partial charge < -0.3 is 5.32 Å². The van der Waals surface area contributed by atoms with Gasteiger partial charge in [-0.1, -0.05) is 42.6 Å². The highest BCUT2D eigenvalue weighted by atomic mass is 35.5. The largest absolute Gasteiger partial charge is 0.304 e. The average molecular weight is 222 g/mol. The van der Waals surface area contributed by atoms with Crippen molar-refractivity contribution in [1.29, 1.82) is 0 Å². The van der Waals surface area contributed by atoms with Gasteiger partial charge in [0.05, 0.1) is 0 Å². The Morgan fingerprint density at radius 1 is 1.27 bits per heavy atom. The van der Waals surface area contributed by atoms with Crippen molar-refractivity contribution in [2.75, 3.05) is 0 Å². The summed E-state index contributed by atoms with van der Waals surface area (Å²) in [7, 11) is 0. The molecule has 1 saturated carbocycles. The van der Waals surface area contributed by atoms with Gasteiger partial charge in [-0.25, -0.2) is 0 Å². The van der Waals surface area contributed by atoms with E-state index in [0.717, 1.165) is 11.1 Å². The molecule has 1 N–H and O–H groups in total. The third-order valence-corrected chi connectivity index (χ3v) is 4.20. The van der Waals surface area contributed by atoms with Gasteiger partial charge >= 0.3 is 0 Å². The van der Waals surface area contributed by atoms with Gasteiger partial charge in [-0.3, -0.25) is 0 Å². The van der Waals surface area contributed by atoms with Crippen LogP contribution in [0.3, 0.4) is 0 Å². The summed E-state index contributed by atoms with van der Waals surface area (Å²) >= 11 is 6.29. The number of halogens is 1. The first kappa shape index (κ1) is 9.68. The van der Waals surface area contributed by atoms with Crippen molar-refractivity contribution in [1.82, 2.24) is 5.32 Å². The Balaban J connectivity index is 1.96. The summed E-state index contributed by atoms with van der Waals surface area (Å²) in [4.78, 5) is 0. The van der Waals surface area contributed by atoms with Gasteiger partial charge in [-0.15, -0.1) is 0 Å². The maximum Gasteiger partial charge on any atom is 0.0466 e. The summed E-state index contributed by atoms with van der Waals surface area (Å²) in [6, 6.07) is 9.02. The van der Waals surface area contributed by atoms with Crippen LogP contribution in [0.2, 0.25) is 5.02 Å². The van der Waals surface area contributed by atoms with Crippen LogP contribution in [0.15, 0.2) is 24.3 Å². The first-order valence-electron chi connectivity index (χ1n) is 5.83. The molecule has 2 heterocycles. The fourth-order valence-electron chi connectivity index (χ4n) is 3.13. The van der Waals surface area contributed by atoms with Crippen LogP contribution in [0.25, 0.3) is 0 Å². The van der Waals surface area contributed by atoms with Crippen LogP contribution in [-0.4, -0.2) is 6.04 Å². The molecule has 1 aliphatic carbocycles. The first-order chi connectivity index (χ1) is 7.30. The molecule has 2 atom stereocenters. The molecule has 1 aromatic carbocycles. The molecule has 2 saturated heterocycles. The second-order valence-electron chi connectivity index (χ2n) is 4.85. The Morgan fingerprint density at radius 2 is 2.07 bits per heavy atom. The van der Waals surface area contributed by atoms with Crippen molar-refractivity contribution >= 4 is 11.6 Å². The van der Waals surface area contributed by atoms with Crippen molar-refractivity contribution in [3.05, 3.63) is 34.9 Å². The lowest BCUT2D eigenvalue weighted by Crippen LogP contribution is -2.59. The fraction of sp³-hybridized carbons (Fsp3) is 0.538. The summed E-state index contributed by atoms with van der Waals surface area (Å²) in [6.07, 6.45) is 6.55. The molecule has 3 fully saturated rings. The molecule has 2 heteroatoms. The van der Waals surface area contributed by atoms with Gasteiger partial charge in [0.25, 0.3) is 0 Å². The van der Waals surface area contributed by atoms with Crippen LogP contribution in [0, 0.1) is 0 Å². The summed E-state index contributed by atoms with van der Waals surface area (Å²) < 4.78 is 0. The minimum Gasteiger partial charge on any atom is -0.304 e. The summed E-state index contributed by atoms with van der Waals surface area (Å²) in [5.41, 5.74) is 1.52. The molecule has 0 amide bonds. The minimum atomic E-state index is 0.208. The van der Waals surface area contributed by atoms with E-state index in [1.807, 2.05) is 12.1 Å². The predicted molar refractivity (Wildman–Crippen MR) is 63.1 cm³/mol. The molecule has 4 rings (SSSR count). The van der Waals surface area contributed by atoms with Crippen molar-refractivity contribution < 1.29 is 0 Å². The minimum absolute atomic E-state index is 0.208. The van der Waals surface area contributed by atoms with Gasteiger partial charge in [0.2, 0.25) is 0 Å². The summed E-state index contributed by atoms with van der Waals surface area (Å²) in [5.74, 6) is 0. The molecule has 2 aliphatic heterocycles. The zero-order valence-corrected chi connectivity index (χ0v) is 9.56. The van der Waals surface area contributed by atoms with E-state index in [4.69, 9.17) is 11.6 Å². The maximum absolute atomic E-state index is 6.29. The standard InChI is InChI=1S/C13H16ClN/c14-12-7-2-1-6-11(12)13-8-4-3-5-10(9-13)15-13/h1-2,6-7,10,15H,3-5,8-9H2. The third kappa shape index (κ3) is 1.49. The lowest BCUT2D eigenvalue weighted by atomic mass is 9.75. The second kappa shape index (κ2) is 3.50. The molecule has 15 heavy (non-hydrogen) atoms. The zero-order valence-electron chi connectivity index (χ0n) is 8.80. The number of rotatable bonds is 1. The highest BCUT2D eigenvalue weighted by Gasteiger charge is 2.46. The quantitative estimate of drug-likeness (QED) is 0.766. The molecule has 2 unspecified atom stereocenters. The molecular formula is C13H16ClN. The van der Waals surface area contributed by atoms with Crippen molar-refractivity contribution in [3.8, 4) is 0 Å². The molecule has 0 spiro atoms. The van der Waals surface area contributed by atoms with E-state index in [1.165, 1.54) is 37.7 Å². The molecule has 3 aliphatic rings. The van der Waals surface area contributed by atoms with E-state index in [0.29, 0.717) is 0 Å². The van der Waals surface area contributed by atoms with E-state index in [9.17, 15) is 0 Å². The Kier molecular flexibility index (Phi) is 2.26. The molecule has 80 valence electrons. The van der Waals surface area contributed by atoms with Gasteiger partial charge in [0.15, 0.2) is 0 Å². The number of fused-ring (bicyclic) bond motifs is 3. The Morgan fingerprint density at radius 3 is 2.87 bits per heavy atom. The third-order valence-electron chi connectivity index (χ3n) is 3.87. The Labute approximate surface area is 95.8 Å². The number of hydrogen-bond donors (Lipinski definition) is 1. The SMILES string of the molecule is Clc1ccccc1C12CCCCC(C1)N2. The van der Waals surface area contributed by atoms with Crippen molar-refractivity contribution in [3.63, 3.8) is 0 Å². The Hall–Kier alpha value is -0.530. The lowest BCUT2D eigenvalue weighted by Gasteiger charge is -2.48. The van der Waals surface area contributed by atoms with E-state index in [2.05, 4.69) is 17.4 Å². The monoisotopic (exact) mass is 221 g/mol. The highest BCUT2D eigenvalue weighted by molar-refractivity contribution is 6.31. The number of benzene rings is 1. The molecule has 1 aromatic rings. The maximum atomic E-state index is 6.29. The van der Waals surface area contributed by atoms with Crippen molar-refractivity contribution in [2.45, 2.75) is 43.7 Å². The number of nitrogens with one attached hydrogen (secondary N) is 1. The lowest BCUT2D eigenvalue weighted by molar-refractivity contribution is 0.138. The molecule has 0 radical (unpaired) electrons. The topological polar surface area (TPSA) is 12.0 Å². The van der Waals surface area contributed by atoms with Crippen LogP contribution >= 0.6 is 11.6 Å². The molecule has 0 aromatic heterocycles. The molecular weight excluding hydrogens is 206 g/mol. The van der Waals surface area contributed by atoms with Crippen LogP contribution in [0.4, 0.5) is 0 Å². The fourth-order valence-corrected chi connectivity index (χ4v) is 3.44. The van der Waals surface area contributed by atoms with E-state index in [-0.39, 0.29) is 5.54 Å². The smallest absolute Gasteiger partial charge is 0.0466 e. The normalized spacial score (nSPS) is 34.3. The zero-order chi connectivity index (χ0) is 10.3. The number of hydrogen-bond acceptors (Lipinski definition) is 1. The highest BCUT2D eigenvalue weighted by Crippen LogP contribution is 2.46. The first-order valence-corrected chi connectivity index (χ1v) is 6.21. The van der Waals surface area contributed by atoms with Crippen molar-refractivity contribution in [2.24, 2.45) is 0 Å². The van der Waals surface area contributed by atoms with Gasteiger partial charge in [0, 0.05) is 16.6 Å². The van der Waals surface area contributed by atoms with E-state index in [1.54, 1.807) is 0 Å². The van der Waals surface area contributed by atoms with E-state index >= 15 is 0 Å². The average Bonchev–Trinajstić information content (AvgIpc) is 2.50. The summed E-state index contributed by atoms with van der Waals surface area (Å²) in [5, 5.41) is 4.65. The van der Waals surface area contributed by atoms with Gasteiger partial charge in [0.1, 0.15) is 0 Å². The van der Waals surface area contributed by atoms with Crippen LogP contribution in [-0.2, 0) is 5.54 Å². The molecule has 1 nitrogen and oxygen atoms in total. The van der Waals surface area contributed by atoms with Gasteiger partial charge in [-0.05, 0) is 30.9 Å². The van der Waals surface area contributed by atoms with Crippen LogP contribution in [0.5, 0.6) is 0 Å². The van der Waals surface area contributed by atoms with E-state index < -0.39 is 0 Å². The van der Waals surface area contributed by atoms with Crippen LogP contribution in [0.1, 0.15) is 37.7 Å². The second-order valence-corrected chi connectivity index (χ2v) is 5.26. The van der Waals surface area contributed by atoms with Gasteiger partial charge in [-0.2, -0.15) is 0 Å². The van der Waals surface area contributed by atoms with Crippen LogP contribution < -0.4 is 5.32 Å². The summed E-state index contributed by atoms with van der Waals surface area (Å²) in [6.45, 7) is 0. The molecule has 2 bridgehead atoms.